The zero-order valence-electron chi connectivity index (χ0n) is 11.4. The van der Waals surface area contributed by atoms with Crippen LogP contribution in [0.2, 0.25) is 0 Å². The maximum Gasteiger partial charge on any atom is 0.0706 e. The zero-order valence-corrected chi connectivity index (χ0v) is 11.4. The predicted octanol–water partition coefficient (Wildman–Crippen LogP) is 1.91. The number of rotatable bonds is 5. The Morgan fingerprint density at radius 3 is 2.95 bits per heavy atom. The van der Waals surface area contributed by atoms with Crippen LogP contribution in [-0.2, 0) is 6.54 Å². The summed E-state index contributed by atoms with van der Waals surface area (Å²) in [5, 5.41) is 7.89. The number of hydrogen-bond donors (Lipinski definition) is 1. The maximum atomic E-state index is 4.35. The van der Waals surface area contributed by atoms with Gasteiger partial charge in [-0.3, -0.25) is 0 Å². The van der Waals surface area contributed by atoms with E-state index in [1.165, 1.54) is 50.0 Å². The predicted molar refractivity (Wildman–Crippen MR) is 77.2 cm³/mol. The van der Waals surface area contributed by atoms with Crippen LogP contribution in [0.25, 0.3) is 5.52 Å². The van der Waals surface area contributed by atoms with E-state index in [-0.39, 0.29) is 0 Å². The van der Waals surface area contributed by atoms with E-state index in [0.29, 0.717) is 0 Å². The van der Waals surface area contributed by atoms with Gasteiger partial charge in [-0.05, 0) is 38.1 Å². The molecule has 0 spiro atoms. The quantitative estimate of drug-likeness (QED) is 0.832. The van der Waals surface area contributed by atoms with E-state index in [1.807, 2.05) is 23.0 Å². The van der Waals surface area contributed by atoms with Crippen molar-refractivity contribution in [2.24, 2.45) is 0 Å². The summed E-state index contributed by atoms with van der Waals surface area (Å²) in [6.07, 6.45) is 8.10. The molecule has 3 rings (SSSR count). The van der Waals surface area contributed by atoms with Gasteiger partial charge >= 0.3 is 0 Å². The summed E-state index contributed by atoms with van der Waals surface area (Å²) < 4.78 is 1.93. The van der Waals surface area contributed by atoms with Gasteiger partial charge in [0, 0.05) is 31.4 Å². The van der Waals surface area contributed by atoms with E-state index < -0.39 is 0 Å². The molecule has 2 aromatic heterocycles. The Bertz CT molecular complexity index is 514. The molecule has 1 N–H and O–H groups in total. The van der Waals surface area contributed by atoms with E-state index in [0.717, 1.165) is 13.1 Å². The van der Waals surface area contributed by atoms with Crippen LogP contribution in [0.4, 0.5) is 0 Å². The minimum atomic E-state index is 0.904. The van der Waals surface area contributed by atoms with Crippen molar-refractivity contribution in [3.63, 3.8) is 0 Å². The third-order valence-corrected chi connectivity index (χ3v) is 3.88. The lowest BCUT2D eigenvalue weighted by Crippen LogP contribution is -2.35. The normalized spacial score (nSPS) is 17.1. The van der Waals surface area contributed by atoms with Gasteiger partial charge in [-0.15, -0.1) is 0 Å². The van der Waals surface area contributed by atoms with Gasteiger partial charge < -0.3 is 10.2 Å². The SMILES string of the molecule is c1ccn2ncc(CNCCN3CCCCC3)c2c1. The lowest BCUT2D eigenvalue weighted by atomic mass is 10.1. The molecule has 0 bridgehead atoms. The highest BCUT2D eigenvalue weighted by molar-refractivity contribution is 5.53. The summed E-state index contributed by atoms with van der Waals surface area (Å²) in [6.45, 7) is 5.68. The smallest absolute Gasteiger partial charge is 0.0706 e. The molecule has 0 atom stereocenters. The number of fused-ring (bicyclic) bond motifs is 1. The number of nitrogens with one attached hydrogen (secondary N) is 1. The Morgan fingerprint density at radius 2 is 2.05 bits per heavy atom. The van der Waals surface area contributed by atoms with Gasteiger partial charge in [0.05, 0.1) is 11.7 Å². The summed E-state index contributed by atoms with van der Waals surface area (Å²) in [4.78, 5) is 2.56. The molecule has 3 heterocycles. The lowest BCUT2D eigenvalue weighted by Gasteiger charge is -2.26. The topological polar surface area (TPSA) is 32.6 Å². The molecule has 0 amide bonds. The number of pyridine rings is 1. The van der Waals surface area contributed by atoms with Crippen LogP contribution >= 0.6 is 0 Å². The Labute approximate surface area is 114 Å². The highest BCUT2D eigenvalue weighted by atomic mass is 15.2. The number of aromatic nitrogens is 2. The first-order valence-corrected chi connectivity index (χ1v) is 7.28. The van der Waals surface area contributed by atoms with Crippen LogP contribution in [0.5, 0.6) is 0 Å². The van der Waals surface area contributed by atoms with Gasteiger partial charge in [0.15, 0.2) is 0 Å². The third kappa shape index (κ3) is 3.14. The molecule has 2 aromatic rings. The summed E-state index contributed by atoms with van der Waals surface area (Å²) in [7, 11) is 0. The Hall–Kier alpha value is -1.39. The van der Waals surface area contributed by atoms with Crippen molar-refractivity contribution in [2.75, 3.05) is 26.2 Å². The van der Waals surface area contributed by atoms with E-state index in [2.05, 4.69) is 27.4 Å². The van der Waals surface area contributed by atoms with Crippen molar-refractivity contribution in [3.8, 4) is 0 Å². The van der Waals surface area contributed by atoms with Crippen molar-refractivity contribution in [2.45, 2.75) is 25.8 Å². The van der Waals surface area contributed by atoms with Gasteiger partial charge in [-0.25, -0.2) is 4.52 Å². The van der Waals surface area contributed by atoms with Gasteiger partial charge in [0.1, 0.15) is 0 Å². The molecular weight excluding hydrogens is 236 g/mol. The first-order valence-electron chi connectivity index (χ1n) is 7.28. The Morgan fingerprint density at radius 1 is 1.16 bits per heavy atom. The lowest BCUT2D eigenvalue weighted by molar-refractivity contribution is 0.229. The fraction of sp³-hybridized carbons (Fsp3) is 0.533. The molecule has 19 heavy (non-hydrogen) atoms. The van der Waals surface area contributed by atoms with Crippen LogP contribution in [-0.4, -0.2) is 40.7 Å². The van der Waals surface area contributed by atoms with Crippen molar-refractivity contribution >= 4 is 5.52 Å². The van der Waals surface area contributed by atoms with Gasteiger partial charge in [0.2, 0.25) is 0 Å². The van der Waals surface area contributed by atoms with Crippen LogP contribution in [0.1, 0.15) is 24.8 Å². The molecule has 1 aliphatic heterocycles. The van der Waals surface area contributed by atoms with Crippen molar-refractivity contribution in [3.05, 3.63) is 36.2 Å². The van der Waals surface area contributed by atoms with E-state index in [9.17, 15) is 0 Å². The van der Waals surface area contributed by atoms with Gasteiger partial charge in [0.25, 0.3) is 0 Å². The van der Waals surface area contributed by atoms with Crippen LogP contribution < -0.4 is 5.32 Å². The second-order valence-electron chi connectivity index (χ2n) is 5.28. The van der Waals surface area contributed by atoms with Crippen LogP contribution in [0.15, 0.2) is 30.6 Å². The molecule has 0 radical (unpaired) electrons. The number of piperidine rings is 1. The van der Waals surface area contributed by atoms with Crippen molar-refractivity contribution in [1.82, 2.24) is 19.8 Å². The molecule has 0 aliphatic carbocycles. The highest BCUT2D eigenvalue weighted by Crippen LogP contribution is 2.10. The average Bonchev–Trinajstić information content (AvgIpc) is 2.88. The molecule has 1 saturated heterocycles. The number of likely N-dealkylation sites (tertiary alicyclic amines) is 1. The van der Waals surface area contributed by atoms with Crippen molar-refractivity contribution in [1.29, 1.82) is 0 Å². The van der Waals surface area contributed by atoms with Crippen LogP contribution in [0, 0.1) is 0 Å². The molecular formula is C15H22N4. The summed E-state index contributed by atoms with van der Waals surface area (Å²) in [5.74, 6) is 0. The number of hydrogen-bond acceptors (Lipinski definition) is 3. The molecule has 4 heteroatoms. The standard InChI is InChI=1S/C15H22N4/c1-3-8-18(9-4-1)11-7-16-12-14-13-17-19-10-5-2-6-15(14)19/h2,5-6,10,13,16H,1,3-4,7-9,11-12H2. The van der Waals surface area contributed by atoms with Crippen molar-refractivity contribution < 1.29 is 0 Å². The van der Waals surface area contributed by atoms with Gasteiger partial charge in [-0.1, -0.05) is 12.5 Å². The largest absolute Gasteiger partial charge is 0.311 e. The maximum absolute atomic E-state index is 4.35. The monoisotopic (exact) mass is 258 g/mol. The van der Waals surface area contributed by atoms with Gasteiger partial charge in [-0.2, -0.15) is 5.10 Å². The Kier molecular flexibility index (Phi) is 4.10. The molecule has 0 saturated carbocycles. The highest BCUT2D eigenvalue weighted by Gasteiger charge is 2.09. The number of nitrogens with zero attached hydrogens (tertiary/aromatic N) is 3. The average molecular weight is 258 g/mol. The molecule has 1 aliphatic rings. The molecule has 0 unspecified atom stereocenters. The second kappa shape index (κ2) is 6.17. The fourth-order valence-corrected chi connectivity index (χ4v) is 2.77. The van der Waals surface area contributed by atoms with E-state index in [1.54, 1.807) is 0 Å². The summed E-state index contributed by atoms with van der Waals surface area (Å²) >= 11 is 0. The Balaban J connectivity index is 1.47. The third-order valence-electron chi connectivity index (χ3n) is 3.88. The zero-order chi connectivity index (χ0) is 12.9. The van der Waals surface area contributed by atoms with Crippen LogP contribution in [0.3, 0.4) is 0 Å². The molecule has 4 nitrogen and oxygen atoms in total. The molecule has 1 fully saturated rings. The molecule has 0 aromatic carbocycles. The first-order chi connectivity index (χ1) is 9.43. The fourth-order valence-electron chi connectivity index (χ4n) is 2.77. The summed E-state index contributed by atoms with van der Waals surface area (Å²) in [5.41, 5.74) is 2.48. The summed E-state index contributed by atoms with van der Waals surface area (Å²) in [6, 6.07) is 6.19. The minimum Gasteiger partial charge on any atom is -0.311 e. The second-order valence-corrected chi connectivity index (χ2v) is 5.28. The molecule has 102 valence electrons. The van der Waals surface area contributed by atoms with E-state index >= 15 is 0 Å². The minimum absolute atomic E-state index is 0.904. The first kappa shape index (κ1) is 12.6. The van der Waals surface area contributed by atoms with E-state index in [4.69, 9.17) is 0 Å².